The Labute approximate surface area is 141 Å². The first-order valence-electron chi connectivity index (χ1n) is 7.78. The lowest BCUT2D eigenvalue weighted by Gasteiger charge is -2.37. The molecule has 1 aromatic rings. The summed E-state index contributed by atoms with van der Waals surface area (Å²) in [6, 6.07) is 6.04. The highest BCUT2D eigenvalue weighted by Crippen LogP contribution is 2.25. The molecule has 0 amide bonds. The first-order chi connectivity index (χ1) is 11.4. The van der Waals surface area contributed by atoms with Crippen molar-refractivity contribution in [2.45, 2.75) is 38.7 Å². The van der Waals surface area contributed by atoms with Crippen LogP contribution in [-0.2, 0) is 23.8 Å². The zero-order chi connectivity index (χ0) is 17.7. The number of benzene rings is 1. The van der Waals surface area contributed by atoms with Crippen LogP contribution in [-0.4, -0.2) is 50.0 Å². The van der Waals surface area contributed by atoms with Crippen LogP contribution in [0.4, 0.5) is 5.69 Å². The molecule has 0 radical (unpaired) electrons. The van der Waals surface area contributed by atoms with Crippen LogP contribution in [0.25, 0.3) is 0 Å². The molecule has 0 bridgehead atoms. The summed E-state index contributed by atoms with van der Waals surface area (Å²) in [5.74, 6) is -1.13. The minimum atomic E-state index is -0.991. The third-order valence-electron chi connectivity index (χ3n) is 3.55. The highest BCUT2D eigenvalue weighted by atomic mass is 16.7. The van der Waals surface area contributed by atoms with Crippen LogP contribution in [0.2, 0.25) is 0 Å². The van der Waals surface area contributed by atoms with Crippen LogP contribution < -0.4 is 10.1 Å². The van der Waals surface area contributed by atoms with Gasteiger partial charge >= 0.3 is 5.97 Å². The number of carbonyl (C=O) groups excluding carboxylic acids is 2. The van der Waals surface area contributed by atoms with Crippen molar-refractivity contribution in [1.82, 2.24) is 0 Å². The molecule has 1 heterocycles. The lowest BCUT2D eigenvalue weighted by Crippen LogP contribution is -2.56. The van der Waals surface area contributed by atoms with E-state index >= 15 is 0 Å². The molecule has 1 fully saturated rings. The molecule has 24 heavy (non-hydrogen) atoms. The molecule has 0 aromatic heterocycles. The lowest BCUT2D eigenvalue weighted by atomic mass is 10.0. The van der Waals surface area contributed by atoms with Crippen molar-refractivity contribution in [2.24, 2.45) is 0 Å². The van der Waals surface area contributed by atoms with E-state index in [4.69, 9.17) is 18.9 Å². The fourth-order valence-electron chi connectivity index (χ4n) is 2.34. The molecule has 0 saturated carbocycles. The van der Waals surface area contributed by atoms with E-state index in [0.717, 1.165) is 0 Å². The second kappa shape index (κ2) is 7.63. The molecule has 1 N–H and O–H groups in total. The summed E-state index contributed by atoms with van der Waals surface area (Å²) in [5.41, 5.74) is 0.648. The van der Waals surface area contributed by atoms with Crippen molar-refractivity contribution in [3.63, 3.8) is 0 Å². The third kappa shape index (κ3) is 4.46. The quantitative estimate of drug-likeness (QED) is 0.792. The number of ketones is 1. The van der Waals surface area contributed by atoms with Gasteiger partial charge in [0.1, 0.15) is 12.4 Å². The lowest BCUT2D eigenvalue weighted by molar-refractivity contribution is -0.260. The van der Waals surface area contributed by atoms with Crippen molar-refractivity contribution in [2.75, 3.05) is 25.6 Å². The van der Waals surface area contributed by atoms with E-state index in [1.54, 1.807) is 52.1 Å². The SMILES string of the molecule is CCOC(=O)[C@H](Nc1ccc(OC)cc1)[C@@H]1OC(C)(C)OCC1=O. The van der Waals surface area contributed by atoms with Crippen LogP contribution >= 0.6 is 0 Å². The van der Waals surface area contributed by atoms with E-state index in [1.807, 2.05) is 0 Å². The summed E-state index contributed by atoms with van der Waals surface area (Å²) in [6.45, 7) is 5.20. The summed E-state index contributed by atoms with van der Waals surface area (Å²) >= 11 is 0. The van der Waals surface area contributed by atoms with Gasteiger partial charge in [0.05, 0.1) is 13.7 Å². The maximum absolute atomic E-state index is 12.3. The monoisotopic (exact) mass is 337 g/mol. The second-order valence-electron chi connectivity index (χ2n) is 5.80. The Hall–Kier alpha value is -2.12. The van der Waals surface area contributed by atoms with Gasteiger partial charge in [0, 0.05) is 5.69 Å². The largest absolute Gasteiger partial charge is 0.497 e. The van der Waals surface area contributed by atoms with Crippen molar-refractivity contribution < 1.29 is 28.5 Å². The van der Waals surface area contributed by atoms with Gasteiger partial charge in [0.2, 0.25) is 0 Å². The normalized spacial score (nSPS) is 21.0. The summed E-state index contributed by atoms with van der Waals surface area (Å²) in [5, 5.41) is 3.02. The number of hydrogen-bond donors (Lipinski definition) is 1. The first kappa shape index (κ1) is 18.2. The molecular formula is C17H23NO6. The van der Waals surface area contributed by atoms with Crippen molar-refractivity contribution in [1.29, 1.82) is 0 Å². The smallest absolute Gasteiger partial charge is 0.331 e. The number of esters is 1. The molecule has 0 spiro atoms. The zero-order valence-electron chi connectivity index (χ0n) is 14.3. The van der Waals surface area contributed by atoms with Crippen LogP contribution in [0.5, 0.6) is 5.75 Å². The number of anilines is 1. The molecule has 0 aliphatic carbocycles. The van der Waals surface area contributed by atoms with Gasteiger partial charge < -0.3 is 24.3 Å². The van der Waals surface area contributed by atoms with Crippen molar-refractivity contribution in [3.8, 4) is 5.75 Å². The molecule has 2 rings (SSSR count). The average Bonchev–Trinajstić information content (AvgIpc) is 2.56. The molecule has 1 aromatic carbocycles. The summed E-state index contributed by atoms with van der Waals surface area (Å²) in [7, 11) is 1.57. The van der Waals surface area contributed by atoms with Gasteiger partial charge in [-0.25, -0.2) is 4.79 Å². The molecule has 1 aliphatic rings. The van der Waals surface area contributed by atoms with Crippen LogP contribution in [0.3, 0.4) is 0 Å². The Morgan fingerprint density at radius 2 is 2.04 bits per heavy atom. The number of carbonyl (C=O) groups is 2. The number of methoxy groups -OCH3 is 1. The van der Waals surface area contributed by atoms with Gasteiger partial charge in [-0.05, 0) is 45.0 Å². The van der Waals surface area contributed by atoms with Crippen LogP contribution in [0.15, 0.2) is 24.3 Å². The maximum atomic E-state index is 12.3. The zero-order valence-corrected chi connectivity index (χ0v) is 14.3. The van der Waals surface area contributed by atoms with E-state index in [9.17, 15) is 9.59 Å². The molecule has 7 heteroatoms. The molecule has 0 unspecified atom stereocenters. The van der Waals surface area contributed by atoms with E-state index < -0.39 is 23.9 Å². The highest BCUT2D eigenvalue weighted by Gasteiger charge is 2.43. The minimum absolute atomic E-state index is 0.113. The van der Waals surface area contributed by atoms with Crippen LogP contribution in [0, 0.1) is 0 Å². The van der Waals surface area contributed by atoms with Crippen molar-refractivity contribution >= 4 is 17.4 Å². The summed E-state index contributed by atoms with van der Waals surface area (Å²) in [6.07, 6.45) is -0.991. The van der Waals surface area contributed by atoms with Gasteiger partial charge in [-0.2, -0.15) is 0 Å². The fourth-order valence-corrected chi connectivity index (χ4v) is 2.34. The van der Waals surface area contributed by atoms with Gasteiger partial charge in [0.25, 0.3) is 0 Å². The maximum Gasteiger partial charge on any atom is 0.331 e. The molecular weight excluding hydrogens is 314 g/mol. The van der Waals surface area contributed by atoms with Crippen molar-refractivity contribution in [3.05, 3.63) is 24.3 Å². The number of ether oxygens (including phenoxy) is 4. The predicted octanol–water partition coefficient (Wildman–Crippen LogP) is 1.76. The third-order valence-corrected chi connectivity index (χ3v) is 3.55. The predicted molar refractivity (Wildman–Crippen MR) is 86.9 cm³/mol. The highest BCUT2D eigenvalue weighted by molar-refractivity contribution is 5.93. The van der Waals surface area contributed by atoms with E-state index in [1.165, 1.54) is 0 Å². The molecule has 7 nitrogen and oxygen atoms in total. The number of Topliss-reactive ketones (excluding diaryl/α,β-unsaturated/α-hetero) is 1. The Balaban J connectivity index is 2.23. The summed E-state index contributed by atoms with van der Waals surface area (Å²) in [4.78, 5) is 24.5. The summed E-state index contributed by atoms with van der Waals surface area (Å²) < 4.78 is 21.2. The number of rotatable bonds is 6. The van der Waals surface area contributed by atoms with Gasteiger partial charge in [-0.3, -0.25) is 4.79 Å². The van der Waals surface area contributed by atoms with Crippen LogP contribution in [0.1, 0.15) is 20.8 Å². The second-order valence-corrected chi connectivity index (χ2v) is 5.80. The number of nitrogens with one attached hydrogen (secondary N) is 1. The molecule has 1 aliphatic heterocycles. The average molecular weight is 337 g/mol. The number of hydrogen-bond acceptors (Lipinski definition) is 7. The van der Waals surface area contributed by atoms with Gasteiger partial charge in [-0.1, -0.05) is 0 Å². The Morgan fingerprint density at radius 3 is 2.62 bits per heavy atom. The molecule has 132 valence electrons. The Morgan fingerprint density at radius 1 is 1.38 bits per heavy atom. The first-order valence-corrected chi connectivity index (χ1v) is 7.78. The van der Waals surface area contributed by atoms with Gasteiger partial charge in [-0.15, -0.1) is 0 Å². The Bertz CT molecular complexity index is 583. The topological polar surface area (TPSA) is 83.1 Å². The molecule has 1 saturated heterocycles. The standard InChI is InChI=1S/C17H23NO6/c1-5-22-16(20)14(15-13(19)10-23-17(2,3)24-15)18-11-6-8-12(21-4)9-7-11/h6-9,14-15,18H,5,10H2,1-4H3/t14-,15-/m1/s1. The Kier molecular flexibility index (Phi) is 5.80. The van der Waals surface area contributed by atoms with E-state index in [2.05, 4.69) is 5.32 Å². The fraction of sp³-hybridized carbons (Fsp3) is 0.529. The molecule has 2 atom stereocenters. The minimum Gasteiger partial charge on any atom is -0.497 e. The van der Waals surface area contributed by atoms with E-state index in [-0.39, 0.29) is 19.0 Å². The van der Waals surface area contributed by atoms with Gasteiger partial charge in [0.15, 0.2) is 23.7 Å². The van der Waals surface area contributed by atoms with E-state index in [0.29, 0.717) is 11.4 Å².